The minimum Gasteiger partial charge on any atom is -0.399 e. The smallest absolute Gasteiger partial charge is 0.317 e. The summed E-state index contributed by atoms with van der Waals surface area (Å²) in [4.78, 5) is 16.5. The Morgan fingerprint density at radius 1 is 1.05 bits per heavy atom. The molecule has 2 fully saturated rings. The van der Waals surface area contributed by atoms with Gasteiger partial charge in [0.2, 0.25) is 0 Å². The van der Waals surface area contributed by atoms with Crippen LogP contribution in [0.5, 0.6) is 0 Å². The van der Waals surface area contributed by atoms with Crippen molar-refractivity contribution >= 4 is 17.4 Å². The SMILES string of the molecule is Nc1ccc(N2CCN(C(=O)NC3CCCC3)CC2)cc1. The maximum Gasteiger partial charge on any atom is 0.317 e. The highest BCUT2D eigenvalue weighted by atomic mass is 16.2. The molecule has 0 unspecified atom stereocenters. The Morgan fingerprint density at radius 2 is 1.67 bits per heavy atom. The molecule has 1 saturated carbocycles. The van der Waals surface area contributed by atoms with E-state index in [4.69, 9.17) is 5.73 Å². The van der Waals surface area contributed by atoms with E-state index in [-0.39, 0.29) is 6.03 Å². The van der Waals surface area contributed by atoms with E-state index < -0.39 is 0 Å². The van der Waals surface area contributed by atoms with Gasteiger partial charge in [-0.15, -0.1) is 0 Å². The van der Waals surface area contributed by atoms with E-state index in [2.05, 4.69) is 10.2 Å². The van der Waals surface area contributed by atoms with Crippen molar-refractivity contribution in [3.05, 3.63) is 24.3 Å². The van der Waals surface area contributed by atoms with E-state index in [9.17, 15) is 4.79 Å². The number of urea groups is 1. The number of nitrogens with zero attached hydrogens (tertiary/aromatic N) is 2. The minimum absolute atomic E-state index is 0.110. The van der Waals surface area contributed by atoms with Gasteiger partial charge < -0.3 is 20.9 Å². The summed E-state index contributed by atoms with van der Waals surface area (Å²) in [5.74, 6) is 0. The molecule has 5 heteroatoms. The van der Waals surface area contributed by atoms with Crippen molar-refractivity contribution < 1.29 is 4.79 Å². The summed E-state index contributed by atoms with van der Waals surface area (Å²) < 4.78 is 0. The highest BCUT2D eigenvalue weighted by Crippen LogP contribution is 2.20. The Kier molecular flexibility index (Phi) is 4.18. The van der Waals surface area contributed by atoms with Gasteiger partial charge in [-0.3, -0.25) is 0 Å². The van der Waals surface area contributed by atoms with Crippen molar-refractivity contribution in [3.63, 3.8) is 0 Å². The van der Waals surface area contributed by atoms with Crippen LogP contribution in [0.4, 0.5) is 16.2 Å². The van der Waals surface area contributed by atoms with Crippen LogP contribution in [0.1, 0.15) is 25.7 Å². The maximum atomic E-state index is 12.2. The van der Waals surface area contributed by atoms with E-state index in [1.165, 1.54) is 18.5 Å². The molecule has 2 amide bonds. The summed E-state index contributed by atoms with van der Waals surface area (Å²) in [7, 11) is 0. The number of hydrogen-bond acceptors (Lipinski definition) is 3. The summed E-state index contributed by atoms with van der Waals surface area (Å²) in [6.07, 6.45) is 4.76. The van der Waals surface area contributed by atoms with Gasteiger partial charge in [0.25, 0.3) is 0 Å². The molecule has 0 aromatic heterocycles. The first-order chi connectivity index (χ1) is 10.2. The molecule has 1 saturated heterocycles. The molecule has 1 heterocycles. The molecule has 0 atom stereocenters. The van der Waals surface area contributed by atoms with Gasteiger partial charge in [0.15, 0.2) is 0 Å². The van der Waals surface area contributed by atoms with Gasteiger partial charge in [-0.2, -0.15) is 0 Å². The van der Waals surface area contributed by atoms with Crippen molar-refractivity contribution in [2.75, 3.05) is 36.8 Å². The second kappa shape index (κ2) is 6.24. The molecule has 0 radical (unpaired) electrons. The lowest BCUT2D eigenvalue weighted by Crippen LogP contribution is -2.53. The minimum atomic E-state index is 0.110. The molecular weight excluding hydrogens is 264 g/mol. The van der Waals surface area contributed by atoms with Crippen molar-refractivity contribution in [2.45, 2.75) is 31.7 Å². The number of hydrogen-bond donors (Lipinski definition) is 2. The molecule has 0 spiro atoms. The van der Waals surface area contributed by atoms with Gasteiger partial charge >= 0.3 is 6.03 Å². The predicted molar refractivity (Wildman–Crippen MR) is 85.4 cm³/mol. The fourth-order valence-corrected chi connectivity index (χ4v) is 3.19. The molecule has 1 aromatic rings. The number of rotatable bonds is 2. The molecule has 114 valence electrons. The number of anilines is 2. The molecule has 5 nitrogen and oxygen atoms in total. The number of carbonyl (C=O) groups excluding carboxylic acids is 1. The summed E-state index contributed by atoms with van der Waals surface area (Å²) in [5.41, 5.74) is 7.68. The van der Waals surface area contributed by atoms with Crippen LogP contribution in [0.2, 0.25) is 0 Å². The largest absolute Gasteiger partial charge is 0.399 e. The number of piperazine rings is 1. The van der Waals surface area contributed by atoms with Crippen LogP contribution in [0.25, 0.3) is 0 Å². The fourth-order valence-electron chi connectivity index (χ4n) is 3.19. The molecule has 1 aliphatic carbocycles. The Morgan fingerprint density at radius 3 is 2.29 bits per heavy atom. The van der Waals surface area contributed by atoms with Crippen LogP contribution in [-0.4, -0.2) is 43.2 Å². The monoisotopic (exact) mass is 288 g/mol. The zero-order valence-corrected chi connectivity index (χ0v) is 12.4. The zero-order valence-electron chi connectivity index (χ0n) is 12.4. The van der Waals surface area contributed by atoms with Crippen molar-refractivity contribution in [2.24, 2.45) is 0 Å². The quantitative estimate of drug-likeness (QED) is 0.819. The summed E-state index contributed by atoms with van der Waals surface area (Å²) >= 11 is 0. The molecule has 21 heavy (non-hydrogen) atoms. The van der Waals surface area contributed by atoms with Crippen molar-refractivity contribution in [1.82, 2.24) is 10.2 Å². The highest BCUT2D eigenvalue weighted by Gasteiger charge is 2.24. The predicted octanol–water partition coefficient (Wildman–Crippen LogP) is 2.04. The normalized spacial score (nSPS) is 19.8. The molecule has 1 aliphatic heterocycles. The zero-order chi connectivity index (χ0) is 14.7. The Bertz CT molecular complexity index is 474. The average molecular weight is 288 g/mol. The molecule has 3 rings (SSSR count). The lowest BCUT2D eigenvalue weighted by atomic mass is 10.2. The van der Waals surface area contributed by atoms with E-state index in [1.54, 1.807) is 0 Å². The van der Waals surface area contributed by atoms with Gasteiger partial charge in [0, 0.05) is 43.6 Å². The fraction of sp³-hybridized carbons (Fsp3) is 0.562. The molecule has 0 bridgehead atoms. The number of nitrogen functional groups attached to an aromatic ring is 1. The van der Waals surface area contributed by atoms with E-state index in [0.29, 0.717) is 6.04 Å². The molecule has 2 aliphatic rings. The third kappa shape index (κ3) is 3.40. The number of benzene rings is 1. The van der Waals surface area contributed by atoms with Crippen LogP contribution in [-0.2, 0) is 0 Å². The number of nitrogens with two attached hydrogens (primary N) is 1. The average Bonchev–Trinajstić information content (AvgIpc) is 3.01. The highest BCUT2D eigenvalue weighted by molar-refractivity contribution is 5.75. The van der Waals surface area contributed by atoms with Gasteiger partial charge in [-0.1, -0.05) is 12.8 Å². The lowest BCUT2D eigenvalue weighted by Gasteiger charge is -2.36. The lowest BCUT2D eigenvalue weighted by molar-refractivity contribution is 0.190. The Balaban J connectivity index is 1.50. The molecular formula is C16H24N4O. The summed E-state index contributed by atoms with van der Waals surface area (Å²) in [6, 6.07) is 8.45. The maximum absolute atomic E-state index is 12.2. The van der Waals surface area contributed by atoms with Gasteiger partial charge in [-0.25, -0.2) is 4.79 Å². The van der Waals surface area contributed by atoms with E-state index >= 15 is 0 Å². The van der Waals surface area contributed by atoms with Crippen LogP contribution >= 0.6 is 0 Å². The number of amides is 2. The van der Waals surface area contributed by atoms with Crippen molar-refractivity contribution in [3.8, 4) is 0 Å². The second-order valence-corrected chi connectivity index (χ2v) is 6.00. The van der Waals surface area contributed by atoms with E-state index in [1.807, 2.05) is 29.2 Å². The second-order valence-electron chi connectivity index (χ2n) is 6.00. The van der Waals surface area contributed by atoms with Crippen LogP contribution in [0.15, 0.2) is 24.3 Å². The van der Waals surface area contributed by atoms with Gasteiger partial charge in [0.1, 0.15) is 0 Å². The van der Waals surface area contributed by atoms with Crippen LogP contribution < -0.4 is 16.0 Å². The first-order valence-corrected chi connectivity index (χ1v) is 7.88. The standard InChI is InChI=1S/C16H24N4O/c17-13-5-7-15(8-6-13)19-9-11-20(12-10-19)16(21)18-14-3-1-2-4-14/h5-8,14H,1-4,9-12,17H2,(H,18,21). The third-order valence-corrected chi connectivity index (χ3v) is 4.51. The number of carbonyl (C=O) groups is 1. The van der Waals surface area contributed by atoms with Crippen molar-refractivity contribution in [1.29, 1.82) is 0 Å². The third-order valence-electron chi connectivity index (χ3n) is 4.51. The number of nitrogens with one attached hydrogen (secondary N) is 1. The topological polar surface area (TPSA) is 61.6 Å². The molecule has 1 aromatic carbocycles. The van der Waals surface area contributed by atoms with Gasteiger partial charge in [0.05, 0.1) is 0 Å². The van der Waals surface area contributed by atoms with Crippen LogP contribution in [0.3, 0.4) is 0 Å². The summed E-state index contributed by atoms with van der Waals surface area (Å²) in [5, 5.41) is 3.16. The summed E-state index contributed by atoms with van der Waals surface area (Å²) in [6.45, 7) is 3.32. The molecule has 3 N–H and O–H groups in total. The Hall–Kier alpha value is -1.91. The van der Waals surface area contributed by atoms with Gasteiger partial charge in [-0.05, 0) is 37.1 Å². The van der Waals surface area contributed by atoms with Crippen LogP contribution in [0, 0.1) is 0 Å². The Labute approximate surface area is 126 Å². The van der Waals surface area contributed by atoms with E-state index in [0.717, 1.165) is 44.7 Å². The first-order valence-electron chi connectivity index (χ1n) is 7.88. The first kappa shape index (κ1) is 14.0.